The van der Waals surface area contributed by atoms with Crippen LogP contribution in [0.25, 0.3) is 11.4 Å². The molecule has 0 atom stereocenters. The molecule has 1 N–H and O–H groups in total. The number of nitrogens with zero attached hydrogens (tertiary/aromatic N) is 2. The van der Waals surface area contributed by atoms with Crippen molar-refractivity contribution in [3.8, 4) is 11.4 Å². The third-order valence-corrected chi connectivity index (χ3v) is 3.91. The van der Waals surface area contributed by atoms with Gasteiger partial charge in [0.2, 0.25) is 0 Å². The van der Waals surface area contributed by atoms with Gasteiger partial charge in [-0.2, -0.15) is 0 Å². The Hall–Kier alpha value is -1.16. The molecule has 0 unspecified atom stereocenters. The molecule has 0 bridgehead atoms. The lowest BCUT2D eigenvalue weighted by atomic mass is 10.0. The molecule has 3 rings (SSSR count). The van der Waals surface area contributed by atoms with Crippen LogP contribution in [0.5, 0.6) is 0 Å². The summed E-state index contributed by atoms with van der Waals surface area (Å²) in [4.78, 5) is 9.39. The number of aryl methyl sites for hydroxylation is 1. The Morgan fingerprint density at radius 2 is 1.90 bits per heavy atom. The highest BCUT2D eigenvalue weighted by Gasteiger charge is 2.17. The third kappa shape index (κ3) is 2.66. The van der Waals surface area contributed by atoms with E-state index in [0.29, 0.717) is 15.9 Å². The van der Waals surface area contributed by atoms with Gasteiger partial charge < -0.3 is 5.32 Å². The Morgan fingerprint density at radius 3 is 2.60 bits per heavy atom. The minimum absolute atomic E-state index is 0.605. The van der Waals surface area contributed by atoms with Crippen molar-refractivity contribution in [3.05, 3.63) is 45.2 Å². The second kappa shape index (κ2) is 5.68. The number of rotatable bonds is 2. The lowest BCUT2D eigenvalue weighted by Crippen LogP contribution is -2.26. The van der Waals surface area contributed by atoms with Crippen molar-refractivity contribution >= 4 is 23.2 Å². The average Bonchev–Trinajstić information content (AvgIpc) is 2.45. The predicted octanol–water partition coefficient (Wildman–Crippen LogP) is 3.66. The largest absolute Gasteiger partial charge is 0.312 e. The van der Waals surface area contributed by atoms with Crippen molar-refractivity contribution in [2.24, 2.45) is 0 Å². The molecule has 0 saturated heterocycles. The van der Waals surface area contributed by atoms with Gasteiger partial charge in [-0.15, -0.1) is 0 Å². The van der Waals surface area contributed by atoms with Crippen LogP contribution in [0.4, 0.5) is 0 Å². The van der Waals surface area contributed by atoms with Crippen molar-refractivity contribution in [2.75, 3.05) is 6.54 Å². The topological polar surface area (TPSA) is 37.8 Å². The maximum atomic E-state index is 6.07. The molecule has 1 aromatic heterocycles. The van der Waals surface area contributed by atoms with E-state index in [2.05, 4.69) is 17.2 Å². The first-order valence-electron chi connectivity index (χ1n) is 6.73. The van der Waals surface area contributed by atoms with Gasteiger partial charge in [0.15, 0.2) is 5.82 Å². The highest BCUT2D eigenvalue weighted by molar-refractivity contribution is 6.35. The second-order valence-corrected chi connectivity index (χ2v) is 5.73. The molecule has 0 saturated carbocycles. The predicted molar refractivity (Wildman–Crippen MR) is 82.3 cm³/mol. The number of benzene rings is 1. The number of hydrogen-bond acceptors (Lipinski definition) is 3. The summed E-state index contributed by atoms with van der Waals surface area (Å²) < 4.78 is 0. The average molecular weight is 308 g/mol. The highest BCUT2D eigenvalue weighted by atomic mass is 35.5. The zero-order valence-electron chi connectivity index (χ0n) is 11.2. The van der Waals surface area contributed by atoms with Crippen LogP contribution < -0.4 is 5.32 Å². The first-order valence-corrected chi connectivity index (χ1v) is 7.49. The van der Waals surface area contributed by atoms with Crippen molar-refractivity contribution in [1.82, 2.24) is 15.3 Å². The smallest absolute Gasteiger partial charge is 0.159 e. The number of hydrogen-bond donors (Lipinski definition) is 1. The fraction of sp³-hybridized carbons (Fsp3) is 0.333. The molecule has 0 radical (unpaired) electrons. The van der Waals surface area contributed by atoms with Gasteiger partial charge in [0, 0.05) is 46.4 Å². The Kier molecular flexibility index (Phi) is 3.92. The molecule has 0 amide bonds. The molecular formula is C15H15Cl2N3. The van der Waals surface area contributed by atoms with E-state index < -0.39 is 0 Å². The number of halogens is 2. The zero-order valence-corrected chi connectivity index (χ0v) is 12.7. The lowest BCUT2D eigenvalue weighted by Gasteiger charge is -2.19. The van der Waals surface area contributed by atoms with Crippen LogP contribution in [-0.4, -0.2) is 16.5 Å². The standard InChI is InChI=1S/C15H15Cl2N3/c1-2-13-12-8-18-4-3-14(12)20-15(19-13)9-5-10(16)7-11(17)6-9/h5-7,18H,2-4,8H2,1H3. The monoisotopic (exact) mass is 307 g/mol. The molecule has 0 spiro atoms. The van der Waals surface area contributed by atoms with Crippen LogP contribution in [0.15, 0.2) is 18.2 Å². The number of nitrogens with one attached hydrogen (secondary N) is 1. The molecule has 1 aromatic carbocycles. The molecule has 1 aliphatic heterocycles. The summed E-state index contributed by atoms with van der Waals surface area (Å²) in [5.74, 6) is 0.715. The van der Waals surface area contributed by atoms with Gasteiger partial charge >= 0.3 is 0 Å². The highest BCUT2D eigenvalue weighted by Crippen LogP contribution is 2.27. The molecule has 2 heterocycles. The van der Waals surface area contributed by atoms with Crippen molar-refractivity contribution in [2.45, 2.75) is 26.3 Å². The molecule has 5 heteroatoms. The van der Waals surface area contributed by atoms with Crippen molar-refractivity contribution in [1.29, 1.82) is 0 Å². The fourth-order valence-electron chi connectivity index (χ4n) is 2.52. The minimum atomic E-state index is 0.605. The van der Waals surface area contributed by atoms with Gasteiger partial charge in [-0.1, -0.05) is 30.1 Å². The van der Waals surface area contributed by atoms with Crippen molar-refractivity contribution < 1.29 is 0 Å². The number of fused-ring (bicyclic) bond motifs is 1. The van der Waals surface area contributed by atoms with E-state index in [-0.39, 0.29) is 0 Å². The second-order valence-electron chi connectivity index (χ2n) is 4.86. The van der Waals surface area contributed by atoms with Crippen LogP contribution in [0.2, 0.25) is 10.0 Å². The summed E-state index contributed by atoms with van der Waals surface area (Å²) in [5, 5.41) is 4.58. The van der Waals surface area contributed by atoms with E-state index in [9.17, 15) is 0 Å². The molecule has 0 aliphatic carbocycles. The summed E-state index contributed by atoms with van der Waals surface area (Å²) in [6.07, 6.45) is 1.83. The summed E-state index contributed by atoms with van der Waals surface area (Å²) in [6, 6.07) is 5.43. The maximum absolute atomic E-state index is 6.07. The maximum Gasteiger partial charge on any atom is 0.159 e. The van der Waals surface area contributed by atoms with E-state index in [1.165, 1.54) is 5.56 Å². The van der Waals surface area contributed by atoms with Crippen LogP contribution >= 0.6 is 23.2 Å². The third-order valence-electron chi connectivity index (χ3n) is 3.47. The zero-order chi connectivity index (χ0) is 14.1. The van der Waals surface area contributed by atoms with E-state index in [4.69, 9.17) is 28.2 Å². The molecule has 2 aromatic rings. The summed E-state index contributed by atoms with van der Waals surface area (Å²) in [5.41, 5.74) is 4.36. The van der Waals surface area contributed by atoms with Gasteiger partial charge in [-0.25, -0.2) is 9.97 Å². The minimum Gasteiger partial charge on any atom is -0.312 e. The van der Waals surface area contributed by atoms with Gasteiger partial charge in [0.1, 0.15) is 0 Å². The van der Waals surface area contributed by atoms with Crippen LogP contribution in [0.3, 0.4) is 0 Å². The van der Waals surface area contributed by atoms with Gasteiger partial charge in [0.05, 0.1) is 5.69 Å². The van der Waals surface area contributed by atoms with E-state index in [0.717, 1.165) is 42.9 Å². The van der Waals surface area contributed by atoms with Crippen LogP contribution in [0, 0.1) is 0 Å². The first-order chi connectivity index (χ1) is 9.67. The molecular weight excluding hydrogens is 293 g/mol. The van der Waals surface area contributed by atoms with Gasteiger partial charge in [-0.3, -0.25) is 0 Å². The molecule has 1 aliphatic rings. The van der Waals surface area contributed by atoms with E-state index in [1.54, 1.807) is 6.07 Å². The molecule has 20 heavy (non-hydrogen) atoms. The van der Waals surface area contributed by atoms with E-state index >= 15 is 0 Å². The summed E-state index contributed by atoms with van der Waals surface area (Å²) in [7, 11) is 0. The van der Waals surface area contributed by atoms with Gasteiger partial charge in [-0.05, 0) is 24.6 Å². The van der Waals surface area contributed by atoms with Crippen LogP contribution in [-0.2, 0) is 19.4 Å². The van der Waals surface area contributed by atoms with E-state index in [1.807, 2.05) is 12.1 Å². The quantitative estimate of drug-likeness (QED) is 0.920. The lowest BCUT2D eigenvalue weighted by molar-refractivity contribution is 0.618. The Labute approximate surface area is 128 Å². The first kappa shape index (κ1) is 13.8. The number of aromatic nitrogens is 2. The normalized spacial score (nSPS) is 14.2. The summed E-state index contributed by atoms with van der Waals surface area (Å²) in [6.45, 7) is 3.93. The SMILES string of the molecule is CCc1nc(-c2cc(Cl)cc(Cl)c2)nc2c1CNCC2. The molecule has 104 valence electrons. The van der Waals surface area contributed by atoms with Crippen molar-refractivity contribution in [3.63, 3.8) is 0 Å². The fourth-order valence-corrected chi connectivity index (χ4v) is 3.04. The van der Waals surface area contributed by atoms with Crippen LogP contribution in [0.1, 0.15) is 23.9 Å². The molecule has 3 nitrogen and oxygen atoms in total. The Morgan fingerprint density at radius 1 is 1.15 bits per heavy atom. The van der Waals surface area contributed by atoms with Gasteiger partial charge in [0.25, 0.3) is 0 Å². The molecule has 0 fully saturated rings. The Bertz CT molecular complexity index is 618. The summed E-state index contributed by atoms with van der Waals surface area (Å²) >= 11 is 12.1. The Balaban J connectivity index is 2.14.